The SMILES string of the molecule is CC(NC(=O)N(C)CC(=O)N1CCCC1)C(=O)O. The second-order valence-electron chi connectivity index (χ2n) is 4.45. The predicted octanol–water partition coefficient (Wildman–Crippen LogP) is -0.277. The average Bonchev–Trinajstić information content (AvgIpc) is 2.81. The highest BCUT2D eigenvalue weighted by molar-refractivity contribution is 5.86. The van der Waals surface area contributed by atoms with Crippen LogP contribution < -0.4 is 5.32 Å². The standard InChI is InChI=1S/C11H19N3O4/c1-8(10(16)17)12-11(18)13(2)7-9(15)14-5-3-4-6-14/h8H,3-7H2,1-2H3,(H,12,18)(H,16,17). The Kier molecular flexibility index (Phi) is 4.94. The third kappa shape index (κ3) is 3.90. The molecule has 1 unspecified atom stereocenters. The lowest BCUT2D eigenvalue weighted by Crippen LogP contribution is -2.48. The number of nitrogens with one attached hydrogen (secondary N) is 1. The zero-order chi connectivity index (χ0) is 13.7. The third-order valence-corrected chi connectivity index (χ3v) is 2.89. The Bertz CT molecular complexity index is 339. The van der Waals surface area contributed by atoms with E-state index in [4.69, 9.17) is 5.11 Å². The molecule has 0 spiro atoms. The van der Waals surface area contributed by atoms with E-state index in [1.165, 1.54) is 18.9 Å². The number of likely N-dealkylation sites (N-methyl/N-ethyl adjacent to an activating group) is 1. The highest BCUT2D eigenvalue weighted by Gasteiger charge is 2.22. The number of carboxylic acids is 1. The normalized spacial score (nSPS) is 16.2. The summed E-state index contributed by atoms with van der Waals surface area (Å²) in [5.41, 5.74) is 0. The summed E-state index contributed by atoms with van der Waals surface area (Å²) in [5, 5.41) is 11.0. The number of hydrogen-bond acceptors (Lipinski definition) is 3. The van der Waals surface area contributed by atoms with Crippen LogP contribution in [0.15, 0.2) is 0 Å². The van der Waals surface area contributed by atoms with Crippen LogP contribution in [0.4, 0.5) is 4.79 Å². The van der Waals surface area contributed by atoms with Crippen molar-refractivity contribution in [3.8, 4) is 0 Å². The number of rotatable bonds is 4. The Labute approximate surface area is 106 Å². The fraction of sp³-hybridized carbons (Fsp3) is 0.727. The van der Waals surface area contributed by atoms with Crippen LogP contribution in [0.1, 0.15) is 19.8 Å². The maximum atomic E-state index is 11.8. The summed E-state index contributed by atoms with van der Waals surface area (Å²) in [6.07, 6.45) is 2.00. The Morgan fingerprint density at radius 1 is 1.33 bits per heavy atom. The van der Waals surface area contributed by atoms with Crippen molar-refractivity contribution < 1.29 is 19.5 Å². The highest BCUT2D eigenvalue weighted by atomic mass is 16.4. The van der Waals surface area contributed by atoms with Gasteiger partial charge in [0.25, 0.3) is 0 Å². The first-order chi connectivity index (χ1) is 8.41. The van der Waals surface area contributed by atoms with E-state index in [9.17, 15) is 14.4 Å². The molecule has 1 heterocycles. The second kappa shape index (κ2) is 6.23. The number of aliphatic carboxylic acids is 1. The van der Waals surface area contributed by atoms with Crippen molar-refractivity contribution in [2.45, 2.75) is 25.8 Å². The van der Waals surface area contributed by atoms with Crippen molar-refractivity contribution in [1.82, 2.24) is 15.1 Å². The van der Waals surface area contributed by atoms with E-state index < -0.39 is 18.0 Å². The number of hydrogen-bond donors (Lipinski definition) is 2. The number of carboxylic acid groups (broad SMARTS) is 1. The lowest BCUT2D eigenvalue weighted by atomic mass is 10.3. The number of amides is 3. The summed E-state index contributed by atoms with van der Waals surface area (Å²) < 4.78 is 0. The maximum Gasteiger partial charge on any atom is 0.325 e. The van der Waals surface area contributed by atoms with Crippen molar-refractivity contribution in [1.29, 1.82) is 0 Å². The summed E-state index contributed by atoms with van der Waals surface area (Å²) in [4.78, 5) is 36.8. The molecule has 1 fully saturated rings. The minimum atomic E-state index is -1.11. The Hall–Kier alpha value is -1.79. The fourth-order valence-electron chi connectivity index (χ4n) is 1.70. The molecule has 0 aliphatic carbocycles. The van der Waals surface area contributed by atoms with Gasteiger partial charge in [-0.2, -0.15) is 0 Å². The molecule has 1 saturated heterocycles. The first-order valence-electron chi connectivity index (χ1n) is 5.94. The Balaban J connectivity index is 2.39. The summed E-state index contributed by atoms with van der Waals surface area (Å²) in [7, 11) is 1.47. The first-order valence-corrected chi connectivity index (χ1v) is 5.94. The molecule has 0 radical (unpaired) electrons. The van der Waals surface area contributed by atoms with Gasteiger partial charge in [-0.1, -0.05) is 0 Å². The monoisotopic (exact) mass is 257 g/mol. The average molecular weight is 257 g/mol. The maximum absolute atomic E-state index is 11.8. The number of carbonyl (C=O) groups excluding carboxylic acids is 2. The van der Waals surface area contributed by atoms with E-state index in [1.54, 1.807) is 4.90 Å². The lowest BCUT2D eigenvalue weighted by molar-refractivity contribution is -0.138. The molecule has 102 valence electrons. The summed E-state index contributed by atoms with van der Waals surface area (Å²) in [6.45, 7) is 2.81. The molecule has 0 saturated carbocycles. The molecule has 1 aliphatic heterocycles. The first kappa shape index (κ1) is 14.3. The summed E-state index contributed by atoms with van der Waals surface area (Å²) in [5.74, 6) is -1.21. The fourth-order valence-corrected chi connectivity index (χ4v) is 1.70. The number of urea groups is 1. The van der Waals surface area contributed by atoms with Crippen LogP contribution >= 0.6 is 0 Å². The van der Waals surface area contributed by atoms with Crippen LogP contribution in [0.3, 0.4) is 0 Å². The Morgan fingerprint density at radius 2 is 1.89 bits per heavy atom. The number of likely N-dealkylation sites (tertiary alicyclic amines) is 1. The zero-order valence-electron chi connectivity index (χ0n) is 10.7. The minimum Gasteiger partial charge on any atom is -0.480 e. The van der Waals surface area contributed by atoms with Gasteiger partial charge in [0.15, 0.2) is 0 Å². The van der Waals surface area contributed by atoms with Gasteiger partial charge in [0.05, 0.1) is 0 Å². The molecule has 0 aromatic carbocycles. The third-order valence-electron chi connectivity index (χ3n) is 2.89. The van der Waals surface area contributed by atoms with Gasteiger partial charge in [0, 0.05) is 20.1 Å². The van der Waals surface area contributed by atoms with Gasteiger partial charge >= 0.3 is 12.0 Å². The van der Waals surface area contributed by atoms with Crippen molar-refractivity contribution in [3.05, 3.63) is 0 Å². The molecule has 0 aromatic heterocycles. The molecule has 3 amide bonds. The van der Waals surface area contributed by atoms with E-state index in [0.717, 1.165) is 25.9 Å². The summed E-state index contributed by atoms with van der Waals surface area (Å²) in [6, 6.07) is -1.53. The van der Waals surface area contributed by atoms with Gasteiger partial charge in [0.2, 0.25) is 5.91 Å². The molecule has 2 N–H and O–H groups in total. The van der Waals surface area contributed by atoms with Crippen LogP contribution in [0, 0.1) is 0 Å². The predicted molar refractivity (Wildman–Crippen MR) is 64.1 cm³/mol. The van der Waals surface area contributed by atoms with Crippen LogP contribution in [0.25, 0.3) is 0 Å². The van der Waals surface area contributed by atoms with Gasteiger partial charge < -0.3 is 20.2 Å². The van der Waals surface area contributed by atoms with Gasteiger partial charge in [-0.3, -0.25) is 9.59 Å². The van der Waals surface area contributed by atoms with Crippen molar-refractivity contribution in [2.24, 2.45) is 0 Å². The molecular weight excluding hydrogens is 238 g/mol. The van der Waals surface area contributed by atoms with Gasteiger partial charge in [-0.05, 0) is 19.8 Å². The molecule has 1 atom stereocenters. The lowest BCUT2D eigenvalue weighted by Gasteiger charge is -2.22. The second-order valence-corrected chi connectivity index (χ2v) is 4.45. The highest BCUT2D eigenvalue weighted by Crippen LogP contribution is 2.07. The van der Waals surface area contributed by atoms with Gasteiger partial charge in [0.1, 0.15) is 12.6 Å². The van der Waals surface area contributed by atoms with E-state index in [-0.39, 0.29) is 12.5 Å². The Morgan fingerprint density at radius 3 is 2.39 bits per heavy atom. The molecule has 7 heteroatoms. The number of nitrogens with zero attached hydrogens (tertiary/aromatic N) is 2. The molecular formula is C11H19N3O4. The van der Waals surface area contributed by atoms with E-state index in [2.05, 4.69) is 5.32 Å². The molecule has 7 nitrogen and oxygen atoms in total. The minimum absolute atomic E-state index is 0.0296. The van der Waals surface area contributed by atoms with Crippen LogP contribution in [-0.2, 0) is 9.59 Å². The molecule has 0 aromatic rings. The van der Waals surface area contributed by atoms with Crippen molar-refractivity contribution in [3.63, 3.8) is 0 Å². The van der Waals surface area contributed by atoms with Gasteiger partial charge in [-0.15, -0.1) is 0 Å². The molecule has 18 heavy (non-hydrogen) atoms. The molecule has 1 aliphatic rings. The largest absolute Gasteiger partial charge is 0.480 e. The zero-order valence-corrected chi connectivity index (χ0v) is 10.7. The van der Waals surface area contributed by atoms with Crippen LogP contribution in [0.2, 0.25) is 0 Å². The van der Waals surface area contributed by atoms with E-state index >= 15 is 0 Å². The quantitative estimate of drug-likeness (QED) is 0.725. The molecule has 1 rings (SSSR count). The van der Waals surface area contributed by atoms with E-state index in [0.29, 0.717) is 0 Å². The van der Waals surface area contributed by atoms with Crippen molar-refractivity contribution in [2.75, 3.05) is 26.7 Å². The van der Waals surface area contributed by atoms with Gasteiger partial charge in [-0.25, -0.2) is 4.79 Å². The topological polar surface area (TPSA) is 90.0 Å². The van der Waals surface area contributed by atoms with Crippen LogP contribution in [-0.4, -0.2) is 65.5 Å². The van der Waals surface area contributed by atoms with Crippen molar-refractivity contribution >= 4 is 17.9 Å². The summed E-state index contributed by atoms with van der Waals surface area (Å²) >= 11 is 0. The molecule has 0 bridgehead atoms. The smallest absolute Gasteiger partial charge is 0.325 e. The van der Waals surface area contributed by atoms with Crippen LogP contribution in [0.5, 0.6) is 0 Å². The number of carbonyl (C=O) groups is 3. The van der Waals surface area contributed by atoms with E-state index in [1.807, 2.05) is 0 Å².